The number of benzene rings is 2. The maximum absolute atomic E-state index is 13.7. The van der Waals surface area contributed by atoms with Crippen LogP contribution in [0.5, 0.6) is 0 Å². The number of hydrogen-bond acceptors (Lipinski definition) is 3. The fraction of sp³-hybridized carbons (Fsp3) is 0.444. The molecule has 0 aliphatic carbocycles. The van der Waals surface area contributed by atoms with E-state index < -0.39 is 10.3 Å². The van der Waals surface area contributed by atoms with Gasteiger partial charge in [0.1, 0.15) is 5.54 Å². The van der Waals surface area contributed by atoms with Gasteiger partial charge in [0.2, 0.25) is 0 Å². The van der Waals surface area contributed by atoms with Gasteiger partial charge in [-0.2, -0.15) is 5.06 Å². The molecule has 0 aromatic heterocycles. The molecule has 1 unspecified atom stereocenters. The molecule has 0 saturated carbocycles. The molecule has 0 fully saturated rings. The van der Waals surface area contributed by atoms with E-state index in [0.717, 1.165) is 16.5 Å². The van der Waals surface area contributed by atoms with Gasteiger partial charge in [0, 0.05) is 6.07 Å². The van der Waals surface area contributed by atoms with Crippen LogP contribution in [0.25, 0.3) is 10.8 Å². The van der Waals surface area contributed by atoms with E-state index in [4.69, 9.17) is 4.94 Å². The third kappa shape index (κ3) is 2.02. The Balaban J connectivity index is 2.41. The molecule has 0 spiro atoms. The smallest absolute Gasteiger partial charge is 0.178 e. The molecule has 1 aliphatic rings. The Morgan fingerprint density at radius 3 is 2.09 bits per heavy atom. The molecule has 2 aromatic carbocycles. The second-order valence-electron chi connectivity index (χ2n) is 7.92. The fourth-order valence-corrected chi connectivity index (χ4v) is 2.89. The molecule has 0 radical (unpaired) electrons. The van der Waals surface area contributed by atoms with Crippen LogP contribution in [0.4, 0.5) is 11.4 Å². The summed E-state index contributed by atoms with van der Waals surface area (Å²) in [5, 5.41) is 17.5. The Labute approximate surface area is 132 Å². The fourth-order valence-electron chi connectivity index (χ4n) is 2.89. The zero-order valence-electron chi connectivity index (χ0n) is 14.2. The lowest BCUT2D eigenvalue weighted by molar-refractivity contribution is -0.188. The molecule has 3 rings (SSSR count). The monoisotopic (exact) mass is 300 g/mol. The zero-order chi connectivity index (χ0) is 16.3. The third-order valence-electron chi connectivity index (χ3n) is 4.09. The van der Waals surface area contributed by atoms with Gasteiger partial charge in [-0.25, -0.2) is 0 Å². The molecule has 0 N–H and O–H groups in total. The second-order valence-corrected chi connectivity index (χ2v) is 7.92. The van der Waals surface area contributed by atoms with E-state index in [1.807, 2.05) is 77.9 Å². The average Bonchev–Trinajstić information content (AvgIpc) is 2.40. The molecular weight excluding hydrogens is 276 g/mol. The van der Waals surface area contributed by atoms with Crippen molar-refractivity contribution in [3.05, 3.63) is 41.6 Å². The van der Waals surface area contributed by atoms with Crippen molar-refractivity contribution in [2.75, 3.05) is 5.06 Å². The maximum atomic E-state index is 13.7. The highest BCUT2D eigenvalue weighted by Gasteiger charge is 2.47. The van der Waals surface area contributed by atoms with Crippen molar-refractivity contribution >= 4 is 22.1 Å². The molecule has 1 atom stereocenters. The SMILES string of the molecule is CC(C)(C)N1O[N+]([O-])(C(C)(C)C)c2cccc3cccc1c23. The minimum atomic E-state index is -0.821. The van der Waals surface area contributed by atoms with Crippen molar-refractivity contribution in [1.29, 1.82) is 0 Å². The number of hydrogen-bond donors (Lipinski definition) is 0. The van der Waals surface area contributed by atoms with Gasteiger partial charge in [-0.1, -0.05) is 29.2 Å². The molecule has 4 nitrogen and oxygen atoms in total. The summed E-state index contributed by atoms with van der Waals surface area (Å²) in [6.45, 7) is 11.9. The van der Waals surface area contributed by atoms with Crippen molar-refractivity contribution in [2.45, 2.75) is 52.6 Å². The van der Waals surface area contributed by atoms with Crippen LogP contribution in [-0.2, 0) is 4.94 Å². The van der Waals surface area contributed by atoms with Crippen LogP contribution in [0.2, 0.25) is 0 Å². The van der Waals surface area contributed by atoms with Crippen LogP contribution in [0.3, 0.4) is 0 Å². The summed E-state index contributed by atoms with van der Waals surface area (Å²) in [7, 11) is 0. The van der Waals surface area contributed by atoms with Gasteiger partial charge in [-0.15, -0.1) is 4.81 Å². The largest absolute Gasteiger partial charge is 0.591 e. The first kappa shape index (κ1) is 15.3. The molecule has 1 aliphatic heterocycles. The Bertz CT molecular complexity index is 723. The highest BCUT2D eigenvalue weighted by Crippen LogP contribution is 2.48. The van der Waals surface area contributed by atoms with Gasteiger partial charge < -0.3 is 5.21 Å². The Morgan fingerprint density at radius 1 is 0.955 bits per heavy atom. The van der Waals surface area contributed by atoms with Crippen LogP contribution >= 0.6 is 0 Å². The molecule has 4 heteroatoms. The normalized spacial score (nSPS) is 22.2. The predicted octanol–water partition coefficient (Wildman–Crippen LogP) is 4.91. The minimum Gasteiger partial charge on any atom is -0.591 e. The first-order valence-electron chi connectivity index (χ1n) is 7.68. The summed E-state index contributed by atoms with van der Waals surface area (Å²) in [5.74, 6) is 0. The molecule has 118 valence electrons. The number of anilines is 1. The van der Waals surface area contributed by atoms with Gasteiger partial charge in [0.25, 0.3) is 0 Å². The molecule has 0 amide bonds. The number of hydroxylamine groups is 3. The standard InChI is InChI=1S/C18H24N2O2/c1-17(2,3)19-14-11-7-9-13-10-8-12-15(16(13)14)20(21,22-19)18(4,5)6/h7-12H,1-6H3. The van der Waals surface area contributed by atoms with Crippen LogP contribution in [-0.4, -0.2) is 11.1 Å². The highest BCUT2D eigenvalue weighted by molar-refractivity contribution is 6.03. The Hall–Kier alpha value is -1.62. The van der Waals surface area contributed by atoms with Crippen molar-refractivity contribution in [3.63, 3.8) is 0 Å². The lowest BCUT2D eigenvalue weighted by Gasteiger charge is -2.54. The number of nitrogens with zero attached hydrogens (tertiary/aromatic N) is 2. The van der Waals surface area contributed by atoms with Gasteiger partial charge in [0.05, 0.1) is 16.6 Å². The van der Waals surface area contributed by atoms with Crippen molar-refractivity contribution in [1.82, 2.24) is 4.81 Å². The molecule has 2 aromatic rings. The van der Waals surface area contributed by atoms with E-state index in [9.17, 15) is 5.21 Å². The van der Waals surface area contributed by atoms with E-state index in [0.29, 0.717) is 5.69 Å². The number of rotatable bonds is 0. The molecular formula is C18H24N2O2. The summed E-state index contributed by atoms with van der Waals surface area (Å²) in [5.41, 5.74) is 0.669. The van der Waals surface area contributed by atoms with Crippen LogP contribution in [0.15, 0.2) is 36.4 Å². The van der Waals surface area contributed by atoms with Crippen LogP contribution in [0.1, 0.15) is 41.5 Å². The van der Waals surface area contributed by atoms with Crippen LogP contribution < -0.4 is 9.87 Å². The van der Waals surface area contributed by atoms with Crippen molar-refractivity contribution < 1.29 is 4.94 Å². The Morgan fingerprint density at radius 2 is 1.55 bits per heavy atom. The molecule has 22 heavy (non-hydrogen) atoms. The summed E-state index contributed by atoms with van der Waals surface area (Å²) in [4.78, 5) is 5.21. The summed E-state index contributed by atoms with van der Waals surface area (Å²) >= 11 is 0. The number of quaternary nitrogens is 1. The maximum Gasteiger partial charge on any atom is 0.178 e. The first-order valence-corrected chi connectivity index (χ1v) is 7.68. The van der Waals surface area contributed by atoms with Gasteiger partial charge in [-0.3, -0.25) is 0 Å². The van der Waals surface area contributed by atoms with Crippen molar-refractivity contribution in [2.24, 2.45) is 0 Å². The van der Waals surface area contributed by atoms with Gasteiger partial charge in [0.15, 0.2) is 5.69 Å². The molecule has 1 heterocycles. The summed E-state index contributed by atoms with van der Waals surface area (Å²) in [6, 6.07) is 11.9. The second kappa shape index (κ2) is 4.44. The Kier molecular flexibility index (Phi) is 3.09. The van der Waals surface area contributed by atoms with E-state index in [1.165, 1.54) is 0 Å². The van der Waals surface area contributed by atoms with Crippen LogP contribution in [0, 0.1) is 5.21 Å². The molecule has 0 bridgehead atoms. The van der Waals surface area contributed by atoms with Crippen molar-refractivity contribution in [3.8, 4) is 0 Å². The summed E-state index contributed by atoms with van der Waals surface area (Å²) < 4.78 is 0. The first-order chi connectivity index (χ1) is 10.1. The van der Waals surface area contributed by atoms with E-state index in [-0.39, 0.29) is 5.54 Å². The lowest BCUT2D eigenvalue weighted by Crippen LogP contribution is -2.64. The quantitative estimate of drug-likeness (QED) is 0.512. The van der Waals surface area contributed by atoms with Gasteiger partial charge >= 0.3 is 0 Å². The van der Waals surface area contributed by atoms with E-state index >= 15 is 0 Å². The average molecular weight is 300 g/mol. The zero-order valence-corrected chi connectivity index (χ0v) is 14.2. The van der Waals surface area contributed by atoms with Gasteiger partial charge in [-0.05, 0) is 53.0 Å². The third-order valence-corrected chi connectivity index (χ3v) is 4.09. The lowest BCUT2D eigenvalue weighted by atomic mass is 9.99. The van der Waals surface area contributed by atoms with E-state index in [2.05, 4.69) is 0 Å². The highest BCUT2D eigenvalue weighted by atomic mass is 17.0. The topological polar surface area (TPSA) is 35.5 Å². The minimum absolute atomic E-state index is 0.318. The summed E-state index contributed by atoms with van der Waals surface area (Å²) in [6.07, 6.45) is 0. The predicted molar refractivity (Wildman–Crippen MR) is 92.2 cm³/mol. The van der Waals surface area contributed by atoms with E-state index in [1.54, 1.807) is 5.06 Å². The molecule has 0 saturated heterocycles.